The summed E-state index contributed by atoms with van der Waals surface area (Å²) < 4.78 is 14.1. The summed E-state index contributed by atoms with van der Waals surface area (Å²) in [6, 6.07) is 25.8. The highest BCUT2D eigenvalue weighted by Crippen LogP contribution is 2.35. The number of aryl methyl sites for hydroxylation is 1. The maximum absolute atomic E-state index is 11.4. The summed E-state index contributed by atoms with van der Waals surface area (Å²) in [6.45, 7) is 2.25. The van der Waals surface area contributed by atoms with Gasteiger partial charge in [0.15, 0.2) is 0 Å². The van der Waals surface area contributed by atoms with Crippen LogP contribution in [-0.2, 0) is 20.3 Å². The van der Waals surface area contributed by atoms with Crippen LogP contribution in [0.4, 0.5) is 10.5 Å². The summed E-state index contributed by atoms with van der Waals surface area (Å²) in [7, 11) is 3.54. The topological polar surface area (TPSA) is 106 Å². The normalized spacial score (nSPS) is 13.7. The van der Waals surface area contributed by atoms with E-state index in [1.54, 1.807) is 7.05 Å². The number of nitrogens with zero attached hydrogens (tertiary/aromatic N) is 6. The largest absolute Gasteiger partial charge is 0.473 e. The number of hydrogen-bond acceptors (Lipinski definition) is 7. The van der Waals surface area contributed by atoms with Gasteiger partial charge in [0.2, 0.25) is 11.8 Å². The van der Waals surface area contributed by atoms with Crippen molar-refractivity contribution in [2.75, 3.05) is 25.0 Å². The summed E-state index contributed by atoms with van der Waals surface area (Å²) in [4.78, 5) is 24.6. The molecular formula is C33H34N6O4. The van der Waals surface area contributed by atoms with E-state index in [2.05, 4.69) is 11.0 Å². The van der Waals surface area contributed by atoms with E-state index in [0.717, 1.165) is 59.3 Å². The average Bonchev–Trinajstić information content (AvgIpc) is 3.38. The lowest BCUT2D eigenvalue weighted by Gasteiger charge is -2.36. The Morgan fingerprint density at radius 1 is 0.953 bits per heavy atom. The standard InChI is InChI=1S/C33H34N6O4/c1-37(33(40)41)25-15-17-39(18-16-25)26-19-28-31(34-20-26)30(36-38(28)2)27-13-14-29(42-21-23-9-5-3-6-10-23)35-32(27)43-22-24-11-7-4-8-12-24/h3-14,19-20,25H,15-18,21-22H2,1-2H3,(H,40,41). The molecule has 1 aliphatic heterocycles. The molecule has 10 heteroatoms. The van der Waals surface area contributed by atoms with Crippen molar-refractivity contribution in [1.82, 2.24) is 24.6 Å². The second-order valence-electron chi connectivity index (χ2n) is 10.7. The van der Waals surface area contributed by atoms with Crippen LogP contribution in [-0.4, -0.2) is 62.0 Å². The van der Waals surface area contributed by atoms with Crippen molar-refractivity contribution < 1.29 is 19.4 Å². The Morgan fingerprint density at radius 3 is 2.26 bits per heavy atom. The first-order valence-corrected chi connectivity index (χ1v) is 14.3. The van der Waals surface area contributed by atoms with Gasteiger partial charge in [-0.05, 0) is 36.1 Å². The van der Waals surface area contributed by atoms with E-state index in [4.69, 9.17) is 24.5 Å². The minimum atomic E-state index is -0.888. The van der Waals surface area contributed by atoms with Crippen LogP contribution in [0.25, 0.3) is 22.3 Å². The van der Waals surface area contributed by atoms with E-state index >= 15 is 0 Å². The molecule has 0 bridgehead atoms. The lowest BCUT2D eigenvalue weighted by Crippen LogP contribution is -2.45. The minimum Gasteiger partial charge on any atom is -0.473 e. The molecule has 6 rings (SSSR count). The number of carboxylic acid groups (broad SMARTS) is 1. The van der Waals surface area contributed by atoms with Crippen LogP contribution >= 0.6 is 0 Å². The molecule has 0 unspecified atom stereocenters. The van der Waals surface area contributed by atoms with Gasteiger partial charge in [-0.2, -0.15) is 10.1 Å². The van der Waals surface area contributed by atoms with Gasteiger partial charge in [-0.3, -0.25) is 9.67 Å². The predicted molar refractivity (Wildman–Crippen MR) is 164 cm³/mol. The highest BCUT2D eigenvalue weighted by molar-refractivity contribution is 5.92. The zero-order valence-corrected chi connectivity index (χ0v) is 24.3. The van der Waals surface area contributed by atoms with Crippen molar-refractivity contribution >= 4 is 22.8 Å². The third kappa shape index (κ3) is 6.23. The molecule has 0 aliphatic carbocycles. The van der Waals surface area contributed by atoms with Crippen LogP contribution in [0.5, 0.6) is 11.8 Å². The molecule has 4 heterocycles. The van der Waals surface area contributed by atoms with E-state index < -0.39 is 6.09 Å². The fraction of sp³-hybridized carbons (Fsp3) is 0.273. The number of aromatic nitrogens is 4. The highest BCUT2D eigenvalue weighted by atomic mass is 16.5. The first kappa shape index (κ1) is 28.0. The molecule has 43 heavy (non-hydrogen) atoms. The fourth-order valence-corrected chi connectivity index (χ4v) is 5.40. The molecule has 10 nitrogen and oxygen atoms in total. The molecule has 5 aromatic rings. The number of hydrogen-bond donors (Lipinski definition) is 1. The van der Waals surface area contributed by atoms with Gasteiger partial charge in [0.25, 0.3) is 0 Å². The summed E-state index contributed by atoms with van der Waals surface area (Å²) in [5.74, 6) is 0.882. The number of benzene rings is 2. The Kier molecular flexibility index (Phi) is 8.08. The first-order valence-electron chi connectivity index (χ1n) is 14.3. The van der Waals surface area contributed by atoms with E-state index in [0.29, 0.717) is 30.7 Å². The van der Waals surface area contributed by atoms with Crippen molar-refractivity contribution in [2.24, 2.45) is 7.05 Å². The second kappa shape index (κ2) is 12.4. The molecular weight excluding hydrogens is 544 g/mol. The lowest BCUT2D eigenvalue weighted by atomic mass is 10.0. The smallest absolute Gasteiger partial charge is 0.407 e. The number of fused-ring (bicyclic) bond motifs is 1. The van der Waals surface area contributed by atoms with Crippen LogP contribution in [0.1, 0.15) is 24.0 Å². The number of ether oxygens (including phenoxy) is 2. The SMILES string of the molecule is CN(C(=O)O)C1CCN(c2cnc3c(-c4ccc(OCc5ccccc5)nc4OCc4ccccc4)nn(C)c3c2)CC1. The number of amides is 1. The molecule has 0 atom stereocenters. The van der Waals surface area contributed by atoms with Gasteiger partial charge in [-0.25, -0.2) is 4.79 Å². The van der Waals surface area contributed by atoms with Crippen LogP contribution in [0.15, 0.2) is 85.1 Å². The third-order valence-electron chi connectivity index (χ3n) is 7.89. The van der Waals surface area contributed by atoms with E-state index in [-0.39, 0.29) is 6.04 Å². The maximum atomic E-state index is 11.4. The van der Waals surface area contributed by atoms with Gasteiger partial charge < -0.3 is 24.4 Å². The van der Waals surface area contributed by atoms with Gasteiger partial charge in [0.1, 0.15) is 24.4 Å². The predicted octanol–water partition coefficient (Wildman–Crippen LogP) is 5.77. The first-order chi connectivity index (χ1) is 21.0. The molecule has 1 fully saturated rings. The van der Waals surface area contributed by atoms with Crippen LogP contribution in [0.2, 0.25) is 0 Å². The summed E-state index contributed by atoms with van der Waals surface area (Å²) in [6.07, 6.45) is 2.51. The van der Waals surface area contributed by atoms with Crippen molar-refractivity contribution in [3.63, 3.8) is 0 Å². The van der Waals surface area contributed by atoms with E-state index in [1.165, 1.54) is 4.90 Å². The maximum Gasteiger partial charge on any atom is 0.407 e. The van der Waals surface area contributed by atoms with Crippen molar-refractivity contribution in [2.45, 2.75) is 32.1 Å². The van der Waals surface area contributed by atoms with Gasteiger partial charge in [-0.15, -0.1) is 0 Å². The van der Waals surface area contributed by atoms with Crippen molar-refractivity contribution in [3.8, 4) is 23.0 Å². The van der Waals surface area contributed by atoms with Gasteiger partial charge in [0.05, 0.1) is 23.0 Å². The molecule has 0 radical (unpaired) electrons. The van der Waals surface area contributed by atoms with Gasteiger partial charge in [-0.1, -0.05) is 60.7 Å². The Hall–Kier alpha value is -5.12. The Bertz CT molecular complexity index is 1700. The third-order valence-corrected chi connectivity index (χ3v) is 7.89. The molecule has 220 valence electrons. The zero-order chi connectivity index (χ0) is 29.8. The molecule has 0 saturated carbocycles. The average molecular weight is 579 g/mol. The fourth-order valence-electron chi connectivity index (χ4n) is 5.40. The molecule has 0 spiro atoms. The van der Waals surface area contributed by atoms with Crippen molar-refractivity contribution in [3.05, 3.63) is 96.2 Å². The van der Waals surface area contributed by atoms with E-state index in [1.807, 2.05) is 90.7 Å². The molecule has 3 aromatic heterocycles. The quantitative estimate of drug-likeness (QED) is 0.235. The number of rotatable bonds is 9. The number of pyridine rings is 2. The van der Waals surface area contributed by atoms with Crippen LogP contribution < -0.4 is 14.4 Å². The molecule has 1 aliphatic rings. The van der Waals surface area contributed by atoms with Crippen LogP contribution in [0.3, 0.4) is 0 Å². The number of anilines is 1. The minimum absolute atomic E-state index is 0.0233. The Morgan fingerprint density at radius 2 is 1.60 bits per heavy atom. The number of carbonyl (C=O) groups is 1. The second-order valence-corrected chi connectivity index (χ2v) is 10.7. The lowest BCUT2D eigenvalue weighted by molar-refractivity contribution is 0.131. The number of piperidine rings is 1. The summed E-state index contributed by atoms with van der Waals surface area (Å²) in [5, 5.41) is 14.2. The molecule has 1 amide bonds. The van der Waals surface area contributed by atoms with Gasteiger partial charge >= 0.3 is 6.09 Å². The summed E-state index contributed by atoms with van der Waals surface area (Å²) in [5.41, 5.74) is 6.10. The van der Waals surface area contributed by atoms with Crippen LogP contribution in [0, 0.1) is 0 Å². The summed E-state index contributed by atoms with van der Waals surface area (Å²) >= 11 is 0. The highest BCUT2D eigenvalue weighted by Gasteiger charge is 2.26. The Balaban J connectivity index is 1.27. The molecule has 2 aromatic carbocycles. The molecule has 1 saturated heterocycles. The van der Waals surface area contributed by atoms with Gasteiger partial charge in [0, 0.05) is 39.3 Å². The Labute approximate surface area is 250 Å². The van der Waals surface area contributed by atoms with Crippen molar-refractivity contribution in [1.29, 1.82) is 0 Å². The zero-order valence-electron chi connectivity index (χ0n) is 24.3. The van der Waals surface area contributed by atoms with E-state index in [9.17, 15) is 9.90 Å². The monoisotopic (exact) mass is 578 g/mol. The molecule has 1 N–H and O–H groups in total.